The quantitative estimate of drug-likeness (QED) is 0.140. The van der Waals surface area contributed by atoms with Gasteiger partial charge in [-0.15, -0.1) is 0 Å². The second-order valence-corrected chi connectivity index (χ2v) is 13.5. The van der Waals surface area contributed by atoms with E-state index < -0.39 is 28.5 Å². The summed E-state index contributed by atoms with van der Waals surface area (Å²) in [5.41, 5.74) is 1.50. The van der Waals surface area contributed by atoms with Gasteiger partial charge in [-0.2, -0.15) is 0 Å². The van der Waals surface area contributed by atoms with Gasteiger partial charge in [-0.25, -0.2) is 8.42 Å². The molecule has 0 aromatic heterocycles. The molecule has 4 aromatic rings. The molecule has 4 aromatic carbocycles. The molecule has 0 aliphatic carbocycles. The molecule has 0 saturated carbocycles. The lowest BCUT2D eigenvalue weighted by Crippen LogP contribution is -2.53. The van der Waals surface area contributed by atoms with Crippen LogP contribution in [0.1, 0.15) is 30.9 Å². The molecule has 7 nitrogen and oxygen atoms in total. The van der Waals surface area contributed by atoms with Crippen molar-refractivity contribution in [1.82, 2.24) is 10.2 Å². The van der Waals surface area contributed by atoms with Crippen molar-refractivity contribution in [1.29, 1.82) is 0 Å². The van der Waals surface area contributed by atoms with Crippen molar-refractivity contribution >= 4 is 62.3 Å². The molecule has 11 heteroatoms. The Labute approximate surface area is 279 Å². The second kappa shape index (κ2) is 16.1. The van der Waals surface area contributed by atoms with Gasteiger partial charge in [-0.05, 0) is 60.5 Å². The molecule has 0 spiro atoms. The number of halogens is 3. The van der Waals surface area contributed by atoms with Crippen LogP contribution in [0.4, 0.5) is 5.69 Å². The summed E-state index contributed by atoms with van der Waals surface area (Å²) in [5.74, 6) is -0.986. The summed E-state index contributed by atoms with van der Waals surface area (Å²) in [6.07, 6.45) is 1.81. The van der Waals surface area contributed by atoms with E-state index in [0.29, 0.717) is 27.2 Å². The average molecular weight is 687 g/mol. The molecule has 0 bridgehead atoms. The van der Waals surface area contributed by atoms with E-state index in [0.717, 1.165) is 22.7 Å². The van der Waals surface area contributed by atoms with Crippen LogP contribution < -0.4 is 9.62 Å². The molecular formula is C34H34Cl3N3O4S. The van der Waals surface area contributed by atoms with E-state index >= 15 is 0 Å². The zero-order chi connectivity index (χ0) is 32.4. The van der Waals surface area contributed by atoms with Gasteiger partial charge in [0.05, 0.1) is 10.6 Å². The Hall–Kier alpha value is -3.56. The Kier molecular flexibility index (Phi) is 12.3. The number of nitrogens with one attached hydrogen (secondary N) is 1. The highest BCUT2D eigenvalue weighted by molar-refractivity contribution is 7.92. The van der Waals surface area contributed by atoms with Crippen molar-refractivity contribution in [3.05, 3.63) is 129 Å². The van der Waals surface area contributed by atoms with Gasteiger partial charge < -0.3 is 10.2 Å². The lowest BCUT2D eigenvalue weighted by Gasteiger charge is -2.34. The van der Waals surface area contributed by atoms with Gasteiger partial charge in [0, 0.05) is 40.1 Å². The van der Waals surface area contributed by atoms with Gasteiger partial charge in [0.25, 0.3) is 10.0 Å². The summed E-state index contributed by atoms with van der Waals surface area (Å²) >= 11 is 19.2. The van der Waals surface area contributed by atoms with E-state index in [9.17, 15) is 18.0 Å². The Morgan fingerprint density at radius 2 is 1.40 bits per heavy atom. The highest BCUT2D eigenvalue weighted by atomic mass is 35.5. The van der Waals surface area contributed by atoms with E-state index in [1.807, 2.05) is 37.3 Å². The molecule has 0 unspecified atom stereocenters. The predicted octanol–water partition coefficient (Wildman–Crippen LogP) is 7.40. The lowest BCUT2D eigenvalue weighted by molar-refractivity contribution is -0.140. The van der Waals surface area contributed by atoms with Crippen molar-refractivity contribution in [2.75, 3.05) is 17.4 Å². The third-order valence-corrected chi connectivity index (χ3v) is 9.96. The third kappa shape index (κ3) is 9.01. The fourth-order valence-corrected chi connectivity index (χ4v) is 6.85. The highest BCUT2D eigenvalue weighted by Crippen LogP contribution is 2.29. The van der Waals surface area contributed by atoms with Crippen molar-refractivity contribution in [3.8, 4) is 0 Å². The molecule has 236 valence electrons. The topological polar surface area (TPSA) is 86.8 Å². The van der Waals surface area contributed by atoms with Crippen LogP contribution in [0.5, 0.6) is 0 Å². The summed E-state index contributed by atoms with van der Waals surface area (Å²) in [7, 11) is -4.22. The number of anilines is 1. The number of amides is 2. The Bertz CT molecular complexity index is 1670. The monoisotopic (exact) mass is 685 g/mol. The van der Waals surface area contributed by atoms with E-state index in [-0.39, 0.29) is 29.5 Å². The Balaban J connectivity index is 1.81. The summed E-state index contributed by atoms with van der Waals surface area (Å²) in [6.45, 7) is 1.71. The minimum absolute atomic E-state index is 0.00610. The number of unbranched alkanes of at least 4 members (excludes halogenated alkanes) is 1. The van der Waals surface area contributed by atoms with E-state index in [1.54, 1.807) is 48.5 Å². The number of sulfonamides is 1. The van der Waals surface area contributed by atoms with Gasteiger partial charge in [0.2, 0.25) is 11.8 Å². The van der Waals surface area contributed by atoms with Gasteiger partial charge in [-0.1, -0.05) is 103 Å². The fourth-order valence-electron chi connectivity index (χ4n) is 4.77. The van der Waals surface area contributed by atoms with Crippen LogP contribution in [-0.2, 0) is 32.6 Å². The van der Waals surface area contributed by atoms with Gasteiger partial charge in [-0.3, -0.25) is 13.9 Å². The van der Waals surface area contributed by atoms with Crippen LogP contribution in [-0.4, -0.2) is 44.3 Å². The predicted molar refractivity (Wildman–Crippen MR) is 181 cm³/mol. The van der Waals surface area contributed by atoms with Crippen LogP contribution in [0.15, 0.2) is 108 Å². The van der Waals surface area contributed by atoms with Crippen LogP contribution >= 0.6 is 34.8 Å². The molecule has 0 saturated heterocycles. The molecule has 1 N–H and O–H groups in total. The number of nitrogens with zero attached hydrogens (tertiary/aromatic N) is 2. The lowest BCUT2D eigenvalue weighted by atomic mass is 10.0. The number of benzene rings is 4. The normalized spacial score (nSPS) is 11.9. The Morgan fingerprint density at radius 3 is 2.00 bits per heavy atom. The van der Waals surface area contributed by atoms with Crippen molar-refractivity contribution < 1.29 is 18.0 Å². The van der Waals surface area contributed by atoms with E-state index in [4.69, 9.17) is 34.8 Å². The maximum Gasteiger partial charge on any atom is 0.264 e. The fraction of sp³-hybridized carbons (Fsp3) is 0.235. The largest absolute Gasteiger partial charge is 0.354 e. The van der Waals surface area contributed by atoms with Crippen molar-refractivity contribution in [3.63, 3.8) is 0 Å². The number of carbonyl (C=O) groups is 2. The molecule has 0 aliphatic rings. The zero-order valence-electron chi connectivity index (χ0n) is 24.7. The number of rotatable bonds is 14. The maximum absolute atomic E-state index is 14.5. The molecule has 0 heterocycles. The van der Waals surface area contributed by atoms with E-state index in [2.05, 4.69) is 5.32 Å². The Morgan fingerprint density at radius 1 is 0.800 bits per heavy atom. The molecule has 0 aliphatic heterocycles. The first kappa shape index (κ1) is 34.3. The molecule has 4 rings (SSSR count). The summed E-state index contributed by atoms with van der Waals surface area (Å²) in [5, 5.41) is 4.00. The first-order valence-electron chi connectivity index (χ1n) is 14.5. The van der Waals surface area contributed by atoms with Crippen molar-refractivity contribution in [2.45, 2.75) is 43.7 Å². The highest BCUT2D eigenvalue weighted by Gasteiger charge is 2.35. The summed E-state index contributed by atoms with van der Waals surface area (Å²) < 4.78 is 29.0. The van der Waals surface area contributed by atoms with Crippen LogP contribution in [0.2, 0.25) is 15.1 Å². The van der Waals surface area contributed by atoms with Crippen molar-refractivity contribution in [2.24, 2.45) is 0 Å². The minimum Gasteiger partial charge on any atom is -0.354 e. The SMILES string of the molecule is CCCCNC(=O)[C@H](Cc1ccccc1)N(Cc1c(Cl)cccc1Cl)C(=O)CN(c1ccc(Cl)cc1)S(=O)(=O)c1ccccc1. The van der Waals surface area contributed by atoms with Gasteiger partial charge >= 0.3 is 0 Å². The van der Waals surface area contributed by atoms with E-state index in [1.165, 1.54) is 29.2 Å². The number of carbonyl (C=O) groups excluding carboxylic acids is 2. The maximum atomic E-state index is 14.5. The molecule has 1 atom stereocenters. The average Bonchev–Trinajstić information content (AvgIpc) is 3.04. The van der Waals surface area contributed by atoms with Crippen LogP contribution in [0, 0.1) is 0 Å². The van der Waals surface area contributed by atoms with Gasteiger partial charge in [0.15, 0.2) is 0 Å². The van der Waals surface area contributed by atoms with Crippen LogP contribution in [0.25, 0.3) is 0 Å². The molecular weight excluding hydrogens is 653 g/mol. The van der Waals surface area contributed by atoms with Crippen LogP contribution in [0.3, 0.4) is 0 Å². The summed E-state index contributed by atoms with van der Waals surface area (Å²) in [6, 6.07) is 27.3. The zero-order valence-corrected chi connectivity index (χ0v) is 27.8. The van der Waals surface area contributed by atoms with Gasteiger partial charge in [0.1, 0.15) is 12.6 Å². The summed E-state index contributed by atoms with van der Waals surface area (Å²) in [4.78, 5) is 29.7. The minimum atomic E-state index is -4.22. The molecule has 0 radical (unpaired) electrons. The number of hydrogen-bond donors (Lipinski definition) is 1. The molecule has 45 heavy (non-hydrogen) atoms. The number of hydrogen-bond acceptors (Lipinski definition) is 4. The first-order valence-corrected chi connectivity index (χ1v) is 17.1. The third-order valence-electron chi connectivity index (χ3n) is 7.22. The second-order valence-electron chi connectivity index (χ2n) is 10.4. The first-order chi connectivity index (χ1) is 21.6. The standard InChI is InChI=1S/C34H34Cl3N3O4S/c1-2-3-21-38-34(42)32(22-25-11-6-4-7-12-25)39(23-29-30(36)15-10-16-31(29)37)33(41)24-40(27-19-17-26(35)18-20-27)45(43,44)28-13-8-5-9-14-28/h4-20,32H,2-3,21-24H2,1H3,(H,38,42)/t32-/m0/s1. The smallest absolute Gasteiger partial charge is 0.264 e. The molecule has 0 fully saturated rings. The molecule has 2 amide bonds.